The SMILES string of the molecule is O=C(C1CCC2(CCC2)CC1)N1CCC(Cc2ccc(F)cc2)CC1. The van der Waals surface area contributed by atoms with Crippen LogP contribution in [-0.4, -0.2) is 23.9 Å². The molecule has 1 heterocycles. The van der Waals surface area contributed by atoms with Crippen molar-refractivity contribution >= 4 is 5.91 Å². The highest BCUT2D eigenvalue weighted by atomic mass is 19.1. The number of amides is 1. The zero-order valence-corrected chi connectivity index (χ0v) is 15.2. The van der Waals surface area contributed by atoms with Crippen molar-refractivity contribution in [3.05, 3.63) is 35.6 Å². The predicted molar refractivity (Wildman–Crippen MR) is 97.7 cm³/mol. The molecule has 0 atom stereocenters. The van der Waals surface area contributed by atoms with Gasteiger partial charge in [-0.2, -0.15) is 0 Å². The van der Waals surface area contributed by atoms with Crippen LogP contribution >= 0.6 is 0 Å². The first kappa shape index (κ1) is 17.1. The number of benzene rings is 1. The zero-order chi connectivity index (χ0) is 17.3. The van der Waals surface area contributed by atoms with Crippen molar-refractivity contribution in [3.63, 3.8) is 0 Å². The third-order valence-corrected chi connectivity index (χ3v) is 7.17. The lowest BCUT2D eigenvalue weighted by molar-refractivity contribution is -0.139. The van der Waals surface area contributed by atoms with Gasteiger partial charge in [0.2, 0.25) is 5.91 Å². The van der Waals surface area contributed by atoms with Gasteiger partial charge in [0.15, 0.2) is 0 Å². The molecule has 3 fully saturated rings. The summed E-state index contributed by atoms with van der Waals surface area (Å²) in [7, 11) is 0. The Balaban J connectivity index is 1.24. The van der Waals surface area contributed by atoms with Crippen molar-refractivity contribution in [2.45, 2.75) is 64.2 Å². The summed E-state index contributed by atoms with van der Waals surface area (Å²) in [6.45, 7) is 1.82. The number of hydrogen-bond acceptors (Lipinski definition) is 1. The van der Waals surface area contributed by atoms with Crippen LogP contribution in [0.15, 0.2) is 24.3 Å². The molecule has 1 saturated heterocycles. The van der Waals surface area contributed by atoms with E-state index in [2.05, 4.69) is 4.90 Å². The van der Waals surface area contributed by atoms with Crippen LogP contribution in [0, 0.1) is 23.1 Å². The molecule has 1 spiro atoms. The molecule has 2 aliphatic carbocycles. The zero-order valence-electron chi connectivity index (χ0n) is 15.2. The van der Waals surface area contributed by atoms with Crippen LogP contribution in [0.4, 0.5) is 4.39 Å². The minimum absolute atomic E-state index is 0.166. The lowest BCUT2D eigenvalue weighted by atomic mass is 9.59. The van der Waals surface area contributed by atoms with Crippen molar-refractivity contribution in [2.24, 2.45) is 17.3 Å². The van der Waals surface area contributed by atoms with Crippen LogP contribution < -0.4 is 0 Å². The Bertz CT molecular complexity index is 589. The van der Waals surface area contributed by atoms with Crippen LogP contribution in [0.25, 0.3) is 0 Å². The van der Waals surface area contributed by atoms with E-state index in [-0.39, 0.29) is 5.82 Å². The fourth-order valence-electron chi connectivity index (χ4n) is 5.22. The van der Waals surface area contributed by atoms with Gasteiger partial charge in [-0.1, -0.05) is 18.6 Å². The highest BCUT2D eigenvalue weighted by Crippen LogP contribution is 2.52. The number of hydrogen-bond donors (Lipinski definition) is 0. The van der Waals surface area contributed by atoms with Gasteiger partial charge >= 0.3 is 0 Å². The Kier molecular flexibility index (Phi) is 4.84. The molecule has 0 N–H and O–H groups in total. The molecule has 1 amide bonds. The molecule has 1 aromatic rings. The molecular weight excluding hydrogens is 313 g/mol. The van der Waals surface area contributed by atoms with Gasteiger partial charge in [-0.25, -0.2) is 4.39 Å². The molecule has 3 heteroatoms. The highest BCUT2D eigenvalue weighted by Gasteiger charge is 2.42. The second-order valence-corrected chi connectivity index (χ2v) is 8.73. The smallest absolute Gasteiger partial charge is 0.225 e. The number of nitrogens with zero attached hydrogens (tertiary/aromatic N) is 1. The van der Waals surface area contributed by atoms with E-state index in [0.717, 1.165) is 45.2 Å². The Morgan fingerprint density at radius 1 is 1.00 bits per heavy atom. The van der Waals surface area contributed by atoms with Crippen LogP contribution in [-0.2, 0) is 11.2 Å². The summed E-state index contributed by atoms with van der Waals surface area (Å²) >= 11 is 0. The Hall–Kier alpha value is -1.38. The molecule has 1 aromatic carbocycles. The van der Waals surface area contributed by atoms with Crippen molar-refractivity contribution in [1.29, 1.82) is 0 Å². The monoisotopic (exact) mass is 343 g/mol. The number of rotatable bonds is 3. The fourth-order valence-corrected chi connectivity index (χ4v) is 5.22. The second kappa shape index (κ2) is 7.09. The number of carbonyl (C=O) groups is 1. The minimum atomic E-state index is -0.166. The van der Waals surface area contributed by atoms with Crippen molar-refractivity contribution in [1.82, 2.24) is 4.90 Å². The predicted octanol–water partition coefficient (Wildman–Crippen LogP) is 4.97. The number of piperidine rings is 1. The Labute approximate surface area is 150 Å². The van der Waals surface area contributed by atoms with E-state index in [9.17, 15) is 9.18 Å². The quantitative estimate of drug-likeness (QED) is 0.759. The summed E-state index contributed by atoms with van der Waals surface area (Å²) in [5.74, 6) is 1.17. The number of carbonyl (C=O) groups excluding carboxylic acids is 1. The molecule has 4 rings (SSSR count). The summed E-state index contributed by atoms with van der Waals surface area (Å²) in [6.07, 6.45) is 12.2. The van der Waals surface area contributed by atoms with Crippen LogP contribution in [0.3, 0.4) is 0 Å². The fraction of sp³-hybridized carbons (Fsp3) is 0.682. The van der Waals surface area contributed by atoms with E-state index >= 15 is 0 Å². The largest absolute Gasteiger partial charge is 0.342 e. The third kappa shape index (κ3) is 3.75. The molecule has 3 aliphatic rings. The molecule has 0 unspecified atom stereocenters. The van der Waals surface area contributed by atoms with Crippen molar-refractivity contribution < 1.29 is 9.18 Å². The Morgan fingerprint density at radius 3 is 2.20 bits per heavy atom. The van der Waals surface area contributed by atoms with Gasteiger partial charge in [-0.3, -0.25) is 4.79 Å². The summed E-state index contributed by atoms with van der Waals surface area (Å²) in [5.41, 5.74) is 1.85. The topological polar surface area (TPSA) is 20.3 Å². The molecule has 0 radical (unpaired) electrons. The van der Waals surface area contributed by atoms with E-state index in [0.29, 0.717) is 23.2 Å². The lowest BCUT2D eigenvalue weighted by Gasteiger charge is -2.47. The van der Waals surface area contributed by atoms with Gasteiger partial charge in [0.25, 0.3) is 0 Å². The first-order valence-electron chi connectivity index (χ1n) is 10.2. The normalized spacial score (nSPS) is 24.3. The molecule has 1 aliphatic heterocycles. The molecule has 0 bridgehead atoms. The van der Waals surface area contributed by atoms with Crippen LogP contribution in [0.1, 0.15) is 63.4 Å². The first-order chi connectivity index (χ1) is 12.1. The molecular formula is C22H30FNO. The van der Waals surface area contributed by atoms with Crippen molar-refractivity contribution in [3.8, 4) is 0 Å². The molecule has 0 aromatic heterocycles. The molecule has 2 saturated carbocycles. The standard InChI is InChI=1S/C22H30FNO/c23-20-4-2-17(3-5-20)16-18-8-14-24(15-9-18)21(25)19-6-12-22(13-7-19)10-1-11-22/h2-5,18-19H,1,6-16H2. The Morgan fingerprint density at radius 2 is 1.64 bits per heavy atom. The molecule has 136 valence electrons. The maximum atomic E-state index is 13.0. The van der Waals surface area contributed by atoms with Crippen LogP contribution in [0.5, 0.6) is 0 Å². The highest BCUT2D eigenvalue weighted by molar-refractivity contribution is 5.79. The minimum Gasteiger partial charge on any atom is -0.342 e. The summed E-state index contributed by atoms with van der Waals surface area (Å²) in [5, 5.41) is 0. The maximum Gasteiger partial charge on any atom is 0.225 e. The lowest BCUT2D eigenvalue weighted by Crippen LogP contribution is -2.44. The third-order valence-electron chi connectivity index (χ3n) is 7.17. The molecule has 2 nitrogen and oxygen atoms in total. The second-order valence-electron chi connectivity index (χ2n) is 8.73. The summed E-state index contributed by atoms with van der Waals surface area (Å²) < 4.78 is 13.0. The van der Waals surface area contributed by atoms with Gasteiger partial charge in [-0.15, -0.1) is 0 Å². The first-order valence-corrected chi connectivity index (χ1v) is 10.2. The number of likely N-dealkylation sites (tertiary alicyclic amines) is 1. The maximum absolute atomic E-state index is 13.0. The number of halogens is 1. The average Bonchev–Trinajstić information content (AvgIpc) is 2.62. The summed E-state index contributed by atoms with van der Waals surface area (Å²) in [6, 6.07) is 6.88. The van der Waals surface area contributed by atoms with Gasteiger partial charge in [0.05, 0.1) is 0 Å². The van der Waals surface area contributed by atoms with Gasteiger partial charge in [0.1, 0.15) is 5.82 Å². The van der Waals surface area contributed by atoms with Gasteiger partial charge in [0, 0.05) is 19.0 Å². The van der Waals surface area contributed by atoms with E-state index < -0.39 is 0 Å². The molecule has 25 heavy (non-hydrogen) atoms. The van der Waals surface area contributed by atoms with Crippen molar-refractivity contribution in [2.75, 3.05) is 13.1 Å². The average molecular weight is 343 g/mol. The summed E-state index contributed by atoms with van der Waals surface area (Å²) in [4.78, 5) is 15.0. The van der Waals surface area contributed by atoms with E-state index in [1.807, 2.05) is 12.1 Å². The van der Waals surface area contributed by atoms with E-state index in [1.54, 1.807) is 12.1 Å². The van der Waals surface area contributed by atoms with E-state index in [4.69, 9.17) is 0 Å². The van der Waals surface area contributed by atoms with Gasteiger partial charge in [-0.05, 0) is 86.8 Å². The van der Waals surface area contributed by atoms with Crippen LogP contribution in [0.2, 0.25) is 0 Å². The van der Waals surface area contributed by atoms with Gasteiger partial charge < -0.3 is 4.90 Å². The van der Waals surface area contributed by atoms with E-state index in [1.165, 1.54) is 37.7 Å².